The molecule has 5 heteroatoms. The lowest BCUT2D eigenvalue weighted by molar-refractivity contribution is 0.249. The number of nitrogens with one attached hydrogen (secondary N) is 2. The van der Waals surface area contributed by atoms with Gasteiger partial charge in [0.2, 0.25) is 0 Å². The molecule has 0 aromatic heterocycles. The van der Waals surface area contributed by atoms with Crippen LogP contribution in [0.1, 0.15) is 6.42 Å². The average Bonchev–Trinajstić information content (AvgIpc) is 2.02. The lowest BCUT2D eigenvalue weighted by Crippen LogP contribution is -2.35. The van der Waals surface area contributed by atoms with Gasteiger partial charge in [0, 0.05) is 13.1 Å². The minimum atomic E-state index is -0.457. The molecular weight excluding hydrogens is 174 g/mol. The molecule has 0 aliphatic carbocycles. The van der Waals surface area contributed by atoms with Crippen LogP contribution in [0.2, 0.25) is 0 Å². The number of hydrogen-bond donors (Lipinski definition) is 3. The Labute approximate surface area is 77.7 Å². The normalized spacial score (nSPS) is 9.75. The van der Waals surface area contributed by atoms with Gasteiger partial charge < -0.3 is 16.4 Å². The molecule has 4 nitrogen and oxygen atoms in total. The fourth-order valence-electron chi connectivity index (χ4n) is 0.741. The van der Waals surface area contributed by atoms with Crippen LogP contribution in [-0.4, -0.2) is 37.7 Å². The van der Waals surface area contributed by atoms with E-state index in [1.54, 1.807) is 0 Å². The summed E-state index contributed by atoms with van der Waals surface area (Å²) in [4.78, 5) is 10.2. The van der Waals surface area contributed by atoms with Gasteiger partial charge in [0.1, 0.15) is 0 Å². The van der Waals surface area contributed by atoms with E-state index in [9.17, 15) is 4.79 Å². The highest BCUT2D eigenvalue weighted by molar-refractivity contribution is 7.98. The van der Waals surface area contributed by atoms with Gasteiger partial charge in [0.15, 0.2) is 0 Å². The first-order valence-corrected chi connectivity index (χ1v) is 5.39. The van der Waals surface area contributed by atoms with Crippen molar-refractivity contribution in [2.75, 3.05) is 31.6 Å². The first-order valence-electron chi connectivity index (χ1n) is 4.00. The maximum absolute atomic E-state index is 10.2. The number of urea groups is 1. The van der Waals surface area contributed by atoms with Crippen LogP contribution in [0.4, 0.5) is 4.79 Å². The van der Waals surface area contributed by atoms with Crippen molar-refractivity contribution in [3.63, 3.8) is 0 Å². The van der Waals surface area contributed by atoms with Crippen molar-refractivity contribution in [1.29, 1.82) is 0 Å². The van der Waals surface area contributed by atoms with Crippen molar-refractivity contribution in [1.82, 2.24) is 10.6 Å². The average molecular weight is 191 g/mol. The quantitative estimate of drug-likeness (QED) is 0.496. The van der Waals surface area contributed by atoms with Crippen molar-refractivity contribution in [3.05, 3.63) is 0 Å². The molecule has 72 valence electrons. The Kier molecular flexibility index (Phi) is 8.37. The number of rotatable bonds is 7. The van der Waals surface area contributed by atoms with E-state index in [0.717, 1.165) is 19.5 Å². The van der Waals surface area contributed by atoms with Crippen molar-refractivity contribution >= 4 is 17.8 Å². The van der Waals surface area contributed by atoms with Crippen LogP contribution in [-0.2, 0) is 0 Å². The summed E-state index contributed by atoms with van der Waals surface area (Å²) < 4.78 is 0. The summed E-state index contributed by atoms with van der Waals surface area (Å²) >= 11 is 1.84. The Balaban J connectivity index is 2.86. The summed E-state index contributed by atoms with van der Waals surface area (Å²) in [6.45, 7) is 2.40. The largest absolute Gasteiger partial charge is 0.352 e. The van der Waals surface area contributed by atoms with Crippen LogP contribution in [0, 0.1) is 0 Å². The minimum Gasteiger partial charge on any atom is -0.352 e. The first-order chi connectivity index (χ1) is 5.77. The third-order valence-corrected chi connectivity index (χ3v) is 2.00. The summed E-state index contributed by atoms with van der Waals surface area (Å²) in [5.74, 6) is 1.18. The predicted octanol–water partition coefficient (Wildman–Crippen LogP) is -0.00260. The van der Waals surface area contributed by atoms with Gasteiger partial charge in [-0.3, -0.25) is 0 Å². The van der Waals surface area contributed by atoms with Crippen LogP contribution < -0.4 is 16.4 Å². The molecular formula is C7H17N3OS. The van der Waals surface area contributed by atoms with Crippen LogP contribution in [0.3, 0.4) is 0 Å². The third kappa shape index (κ3) is 9.58. The van der Waals surface area contributed by atoms with Gasteiger partial charge in [-0.2, -0.15) is 11.8 Å². The van der Waals surface area contributed by atoms with Crippen LogP contribution in [0.25, 0.3) is 0 Å². The zero-order valence-electron chi connectivity index (χ0n) is 7.43. The number of primary amides is 1. The summed E-state index contributed by atoms with van der Waals surface area (Å²) in [6.07, 6.45) is 3.26. The topological polar surface area (TPSA) is 67.2 Å². The molecule has 0 rings (SSSR count). The van der Waals surface area contributed by atoms with Gasteiger partial charge >= 0.3 is 6.03 Å². The van der Waals surface area contributed by atoms with Gasteiger partial charge in [0.25, 0.3) is 0 Å². The van der Waals surface area contributed by atoms with Crippen LogP contribution in [0.5, 0.6) is 0 Å². The van der Waals surface area contributed by atoms with Gasteiger partial charge in [-0.05, 0) is 25.0 Å². The van der Waals surface area contributed by atoms with E-state index in [2.05, 4.69) is 16.9 Å². The molecule has 0 bridgehead atoms. The number of carbonyl (C=O) groups excluding carboxylic acids is 1. The molecule has 0 heterocycles. The van der Waals surface area contributed by atoms with Crippen molar-refractivity contribution in [2.45, 2.75) is 6.42 Å². The van der Waals surface area contributed by atoms with E-state index in [1.807, 2.05) is 11.8 Å². The number of carbonyl (C=O) groups is 1. The van der Waals surface area contributed by atoms with Crippen molar-refractivity contribution in [2.24, 2.45) is 5.73 Å². The molecule has 0 radical (unpaired) electrons. The van der Waals surface area contributed by atoms with Gasteiger partial charge in [-0.25, -0.2) is 4.79 Å². The number of hydrogen-bond acceptors (Lipinski definition) is 3. The van der Waals surface area contributed by atoms with E-state index in [4.69, 9.17) is 5.73 Å². The molecule has 0 spiro atoms. The summed E-state index contributed by atoms with van der Waals surface area (Å²) in [5, 5.41) is 5.70. The zero-order chi connectivity index (χ0) is 9.23. The molecule has 12 heavy (non-hydrogen) atoms. The summed E-state index contributed by atoms with van der Waals surface area (Å²) in [5.41, 5.74) is 4.87. The highest BCUT2D eigenvalue weighted by atomic mass is 32.2. The maximum atomic E-state index is 10.2. The maximum Gasteiger partial charge on any atom is 0.312 e. The zero-order valence-corrected chi connectivity index (χ0v) is 8.25. The first kappa shape index (κ1) is 11.6. The van der Waals surface area contributed by atoms with Gasteiger partial charge in [-0.15, -0.1) is 0 Å². The monoisotopic (exact) mass is 191 g/mol. The molecule has 0 aromatic carbocycles. The highest BCUT2D eigenvalue weighted by Gasteiger charge is 1.90. The molecule has 4 N–H and O–H groups in total. The van der Waals surface area contributed by atoms with E-state index < -0.39 is 6.03 Å². The summed E-state index contributed by atoms with van der Waals surface area (Å²) in [7, 11) is 0. The lowest BCUT2D eigenvalue weighted by Gasteiger charge is -2.03. The van der Waals surface area contributed by atoms with E-state index in [0.29, 0.717) is 6.54 Å². The Morgan fingerprint density at radius 2 is 2.17 bits per heavy atom. The third-order valence-electron chi connectivity index (χ3n) is 1.30. The van der Waals surface area contributed by atoms with Crippen molar-refractivity contribution in [3.8, 4) is 0 Å². The second-order valence-electron chi connectivity index (χ2n) is 2.39. The van der Waals surface area contributed by atoms with E-state index in [-0.39, 0.29) is 0 Å². The van der Waals surface area contributed by atoms with Crippen molar-refractivity contribution < 1.29 is 4.79 Å². The molecule has 0 aromatic rings. The number of amides is 2. The standard InChI is InChI=1S/C7H17N3OS/c1-12-6-2-3-9-4-5-10-7(8)11/h9H,2-6H2,1H3,(H3,8,10,11). The SMILES string of the molecule is CSCCCNCCNC(N)=O. The van der Waals surface area contributed by atoms with Gasteiger partial charge in [-0.1, -0.05) is 0 Å². The van der Waals surface area contributed by atoms with E-state index >= 15 is 0 Å². The Morgan fingerprint density at radius 3 is 2.75 bits per heavy atom. The summed E-state index contributed by atoms with van der Waals surface area (Å²) in [6, 6.07) is -0.457. The number of thioether (sulfide) groups is 1. The Morgan fingerprint density at radius 1 is 1.42 bits per heavy atom. The van der Waals surface area contributed by atoms with Crippen LogP contribution >= 0.6 is 11.8 Å². The minimum absolute atomic E-state index is 0.457. The van der Waals surface area contributed by atoms with Crippen LogP contribution in [0.15, 0.2) is 0 Å². The second-order valence-corrected chi connectivity index (χ2v) is 3.37. The molecule has 2 amide bonds. The molecule has 0 aliphatic rings. The molecule has 0 unspecified atom stereocenters. The van der Waals surface area contributed by atoms with Gasteiger partial charge in [0.05, 0.1) is 0 Å². The Bertz CT molecular complexity index is 121. The Hall–Kier alpha value is -0.420. The predicted molar refractivity (Wildman–Crippen MR) is 53.5 cm³/mol. The molecule has 0 atom stereocenters. The molecule has 0 fully saturated rings. The molecule has 0 saturated heterocycles. The second kappa shape index (κ2) is 8.67. The molecule has 0 saturated carbocycles. The number of nitrogens with two attached hydrogens (primary N) is 1. The van der Waals surface area contributed by atoms with E-state index in [1.165, 1.54) is 5.75 Å². The fraction of sp³-hybridized carbons (Fsp3) is 0.857. The fourth-order valence-corrected chi connectivity index (χ4v) is 1.17. The smallest absolute Gasteiger partial charge is 0.312 e. The lowest BCUT2D eigenvalue weighted by atomic mass is 10.4. The molecule has 0 aliphatic heterocycles. The highest BCUT2D eigenvalue weighted by Crippen LogP contribution is 1.92.